The van der Waals surface area contributed by atoms with Crippen LogP contribution in [0.5, 0.6) is 0 Å². The Morgan fingerprint density at radius 1 is 0.955 bits per heavy atom. The zero-order valence-corrected chi connectivity index (χ0v) is 13.9. The molecule has 0 aliphatic heterocycles. The lowest BCUT2D eigenvalue weighted by atomic mass is 9.46. The molecule has 0 N–H and O–H groups in total. The highest BCUT2D eigenvalue weighted by Gasteiger charge is 2.62. The van der Waals surface area contributed by atoms with E-state index in [0.717, 1.165) is 17.8 Å². The molecule has 2 heteroatoms. The summed E-state index contributed by atoms with van der Waals surface area (Å²) in [6, 6.07) is 0. The van der Waals surface area contributed by atoms with Gasteiger partial charge in [-0.1, -0.05) is 26.3 Å². The molecule has 5 aliphatic rings. The zero-order chi connectivity index (χ0) is 15.3. The molecule has 0 heterocycles. The molecule has 0 atom stereocenters. The first-order valence-electron chi connectivity index (χ1n) is 9.47. The van der Waals surface area contributed by atoms with E-state index in [2.05, 4.69) is 13.5 Å². The predicted molar refractivity (Wildman–Crippen MR) is 87.2 cm³/mol. The minimum atomic E-state index is -0.175. The molecule has 5 aliphatic carbocycles. The summed E-state index contributed by atoms with van der Waals surface area (Å²) in [5, 5.41) is 0. The van der Waals surface area contributed by atoms with Crippen molar-refractivity contribution in [1.82, 2.24) is 0 Å². The molecule has 0 saturated heterocycles. The van der Waals surface area contributed by atoms with Crippen LogP contribution in [-0.2, 0) is 9.53 Å². The van der Waals surface area contributed by atoms with E-state index in [4.69, 9.17) is 4.74 Å². The van der Waals surface area contributed by atoms with Crippen molar-refractivity contribution in [3.05, 3.63) is 12.7 Å². The highest BCUT2D eigenvalue weighted by atomic mass is 16.6. The number of rotatable bonds is 3. The number of carbonyl (C=O) groups is 1. The third-order valence-corrected chi connectivity index (χ3v) is 7.51. The minimum absolute atomic E-state index is 0.140. The van der Waals surface area contributed by atoms with Gasteiger partial charge in [0.05, 0.1) is 0 Å². The van der Waals surface area contributed by atoms with Gasteiger partial charge < -0.3 is 4.74 Å². The monoisotopic (exact) mass is 302 g/mol. The second-order valence-corrected chi connectivity index (χ2v) is 8.74. The molecular weight excluding hydrogens is 272 g/mol. The highest BCUT2D eigenvalue weighted by molar-refractivity contribution is 5.81. The second kappa shape index (κ2) is 5.39. The normalized spacial score (nSPS) is 49.9. The van der Waals surface area contributed by atoms with Gasteiger partial charge in [-0.05, 0) is 80.5 Å². The van der Waals surface area contributed by atoms with Gasteiger partial charge in [-0.3, -0.25) is 0 Å². The Kier molecular flexibility index (Phi) is 3.62. The van der Waals surface area contributed by atoms with E-state index in [1.54, 1.807) is 0 Å². The van der Waals surface area contributed by atoms with Gasteiger partial charge >= 0.3 is 5.97 Å². The second-order valence-electron chi connectivity index (χ2n) is 8.74. The van der Waals surface area contributed by atoms with E-state index >= 15 is 0 Å². The first-order valence-corrected chi connectivity index (χ1v) is 9.47. The molecule has 0 radical (unpaired) electrons. The number of ether oxygens (including phenoxy) is 1. The largest absolute Gasteiger partial charge is 0.455 e. The summed E-state index contributed by atoms with van der Waals surface area (Å²) in [6.45, 7) is 6.03. The van der Waals surface area contributed by atoms with Crippen molar-refractivity contribution in [3.63, 3.8) is 0 Å². The number of esters is 1. The summed E-state index contributed by atoms with van der Waals surface area (Å²) in [4.78, 5) is 12.2. The van der Waals surface area contributed by atoms with Gasteiger partial charge in [0.2, 0.25) is 0 Å². The molecule has 0 aromatic heterocycles. The van der Waals surface area contributed by atoms with Gasteiger partial charge in [0.15, 0.2) is 0 Å². The van der Waals surface area contributed by atoms with Crippen LogP contribution in [-0.4, -0.2) is 11.6 Å². The van der Waals surface area contributed by atoms with Crippen molar-refractivity contribution in [2.45, 2.75) is 70.3 Å². The van der Waals surface area contributed by atoms with Crippen LogP contribution in [0.15, 0.2) is 12.7 Å². The Hall–Kier alpha value is -0.790. The molecule has 5 saturated carbocycles. The quantitative estimate of drug-likeness (QED) is 0.556. The van der Waals surface area contributed by atoms with Gasteiger partial charge in [0.25, 0.3) is 0 Å². The molecule has 122 valence electrons. The SMILES string of the molecule is C=CC(=O)OC1(C2CCC(C)CC2)C2CC3CC(C2)CC1C3. The third kappa shape index (κ3) is 2.17. The number of hydrogen-bond acceptors (Lipinski definition) is 2. The van der Waals surface area contributed by atoms with E-state index in [0.29, 0.717) is 17.8 Å². The maximum atomic E-state index is 12.2. The van der Waals surface area contributed by atoms with E-state index in [1.807, 2.05) is 0 Å². The van der Waals surface area contributed by atoms with E-state index in [9.17, 15) is 4.79 Å². The first-order chi connectivity index (χ1) is 10.6. The molecule has 5 fully saturated rings. The van der Waals surface area contributed by atoms with Crippen molar-refractivity contribution in [2.24, 2.45) is 35.5 Å². The van der Waals surface area contributed by atoms with E-state index in [1.165, 1.54) is 63.9 Å². The van der Waals surface area contributed by atoms with Crippen molar-refractivity contribution in [2.75, 3.05) is 0 Å². The summed E-state index contributed by atoms with van der Waals surface area (Å²) in [7, 11) is 0. The fraction of sp³-hybridized carbons (Fsp3) is 0.850. The predicted octanol–water partition coefficient (Wildman–Crippen LogP) is 4.74. The molecule has 5 rings (SSSR count). The van der Waals surface area contributed by atoms with Crippen LogP contribution in [0.2, 0.25) is 0 Å². The molecular formula is C20H30O2. The van der Waals surface area contributed by atoms with E-state index < -0.39 is 0 Å². The van der Waals surface area contributed by atoms with Crippen molar-refractivity contribution in [1.29, 1.82) is 0 Å². The first kappa shape index (κ1) is 14.8. The van der Waals surface area contributed by atoms with Crippen LogP contribution in [0.25, 0.3) is 0 Å². The lowest BCUT2D eigenvalue weighted by Gasteiger charge is -2.63. The average Bonchev–Trinajstić information content (AvgIpc) is 2.51. The van der Waals surface area contributed by atoms with Crippen LogP contribution in [0, 0.1) is 35.5 Å². The Morgan fingerprint density at radius 3 is 2.00 bits per heavy atom. The van der Waals surface area contributed by atoms with Gasteiger partial charge in [-0.2, -0.15) is 0 Å². The summed E-state index contributed by atoms with van der Waals surface area (Å²) in [6.07, 6.45) is 13.2. The average molecular weight is 302 g/mol. The minimum Gasteiger partial charge on any atom is -0.455 e. The maximum Gasteiger partial charge on any atom is 0.330 e. The molecule has 22 heavy (non-hydrogen) atoms. The molecule has 4 bridgehead atoms. The van der Waals surface area contributed by atoms with Crippen LogP contribution < -0.4 is 0 Å². The maximum absolute atomic E-state index is 12.2. The number of carbonyl (C=O) groups excluding carboxylic acids is 1. The van der Waals surface area contributed by atoms with Crippen molar-refractivity contribution >= 4 is 5.97 Å². The Balaban J connectivity index is 1.66. The Bertz CT molecular complexity index is 430. The summed E-state index contributed by atoms with van der Waals surface area (Å²) in [5.41, 5.74) is -0.140. The lowest BCUT2D eigenvalue weighted by Crippen LogP contribution is -2.63. The Morgan fingerprint density at radius 2 is 1.50 bits per heavy atom. The molecule has 0 amide bonds. The van der Waals surface area contributed by atoms with E-state index in [-0.39, 0.29) is 11.6 Å². The van der Waals surface area contributed by atoms with Crippen LogP contribution in [0.3, 0.4) is 0 Å². The number of hydrogen-bond donors (Lipinski definition) is 0. The lowest BCUT2D eigenvalue weighted by molar-refractivity contribution is -0.229. The topological polar surface area (TPSA) is 26.3 Å². The fourth-order valence-electron chi connectivity index (χ4n) is 6.76. The highest BCUT2D eigenvalue weighted by Crippen LogP contribution is 2.63. The van der Waals surface area contributed by atoms with Crippen LogP contribution >= 0.6 is 0 Å². The zero-order valence-electron chi connectivity index (χ0n) is 13.9. The fourth-order valence-corrected chi connectivity index (χ4v) is 6.76. The smallest absolute Gasteiger partial charge is 0.330 e. The van der Waals surface area contributed by atoms with Gasteiger partial charge in [0, 0.05) is 6.08 Å². The third-order valence-electron chi connectivity index (χ3n) is 7.51. The summed E-state index contributed by atoms with van der Waals surface area (Å²) in [5.74, 6) is 4.37. The van der Waals surface area contributed by atoms with Crippen LogP contribution in [0.4, 0.5) is 0 Å². The van der Waals surface area contributed by atoms with Crippen LogP contribution in [0.1, 0.15) is 64.7 Å². The molecule has 0 unspecified atom stereocenters. The van der Waals surface area contributed by atoms with Crippen molar-refractivity contribution in [3.8, 4) is 0 Å². The summed E-state index contributed by atoms with van der Waals surface area (Å²) < 4.78 is 6.28. The standard InChI is InChI=1S/C20H30O2/c1-3-19(21)22-20(16-6-4-13(2)5-7-16)17-9-14-8-15(11-17)12-18(20)10-14/h3,13-18H,1,4-12H2,2H3. The Labute approximate surface area is 134 Å². The molecule has 0 aromatic carbocycles. The molecule has 0 spiro atoms. The molecule has 0 aromatic rings. The summed E-state index contributed by atoms with van der Waals surface area (Å²) >= 11 is 0. The molecule has 2 nitrogen and oxygen atoms in total. The van der Waals surface area contributed by atoms with Gasteiger partial charge in [-0.15, -0.1) is 0 Å². The van der Waals surface area contributed by atoms with Crippen molar-refractivity contribution < 1.29 is 9.53 Å². The van der Waals surface area contributed by atoms with Gasteiger partial charge in [-0.25, -0.2) is 4.79 Å². The van der Waals surface area contributed by atoms with Gasteiger partial charge in [0.1, 0.15) is 5.60 Å².